The van der Waals surface area contributed by atoms with Crippen molar-refractivity contribution in [3.63, 3.8) is 0 Å². The first-order chi connectivity index (χ1) is 8.79. The Labute approximate surface area is 121 Å². The standard InChI is InChI=1S/C13H19N3OS2/c1-12(2,3)10-15-11(19-16-10)14-8-13(4,17)9-6-5-7-18-9/h5-7,17H,8H2,1-4H3,(H,14,15,16). The molecule has 104 valence electrons. The van der Waals surface area contributed by atoms with Crippen LogP contribution in [0.2, 0.25) is 0 Å². The minimum atomic E-state index is -0.887. The zero-order valence-electron chi connectivity index (χ0n) is 11.6. The molecule has 0 aliphatic rings. The summed E-state index contributed by atoms with van der Waals surface area (Å²) in [5, 5.41) is 16.3. The van der Waals surface area contributed by atoms with Crippen molar-refractivity contribution in [2.45, 2.75) is 38.7 Å². The van der Waals surface area contributed by atoms with Gasteiger partial charge in [-0.15, -0.1) is 11.3 Å². The Bertz CT molecular complexity index is 526. The van der Waals surface area contributed by atoms with Crippen molar-refractivity contribution in [2.75, 3.05) is 11.9 Å². The highest BCUT2D eigenvalue weighted by Gasteiger charge is 2.25. The highest BCUT2D eigenvalue weighted by Crippen LogP contribution is 2.27. The summed E-state index contributed by atoms with van der Waals surface area (Å²) in [5.74, 6) is 0.829. The molecule has 0 aliphatic carbocycles. The highest BCUT2D eigenvalue weighted by atomic mass is 32.1. The smallest absolute Gasteiger partial charge is 0.202 e. The Hall–Kier alpha value is -0.980. The lowest BCUT2D eigenvalue weighted by Gasteiger charge is -2.21. The highest BCUT2D eigenvalue weighted by molar-refractivity contribution is 7.10. The van der Waals surface area contributed by atoms with Crippen LogP contribution in [0.25, 0.3) is 0 Å². The van der Waals surface area contributed by atoms with E-state index in [-0.39, 0.29) is 5.41 Å². The van der Waals surface area contributed by atoms with Gasteiger partial charge in [0.1, 0.15) is 11.4 Å². The fourth-order valence-corrected chi connectivity index (χ4v) is 3.06. The molecule has 2 aromatic rings. The van der Waals surface area contributed by atoms with Crippen LogP contribution in [0.3, 0.4) is 0 Å². The second-order valence-corrected chi connectivity index (χ2v) is 7.48. The van der Waals surface area contributed by atoms with Crippen molar-refractivity contribution >= 4 is 28.0 Å². The summed E-state index contributed by atoms with van der Waals surface area (Å²) in [4.78, 5) is 5.40. The van der Waals surface area contributed by atoms with Crippen LogP contribution >= 0.6 is 22.9 Å². The third-order valence-electron chi connectivity index (χ3n) is 2.73. The van der Waals surface area contributed by atoms with Gasteiger partial charge in [0.05, 0.1) is 6.54 Å². The first kappa shape index (κ1) is 14.4. The molecule has 0 radical (unpaired) electrons. The van der Waals surface area contributed by atoms with Gasteiger partial charge in [-0.25, -0.2) is 4.98 Å². The topological polar surface area (TPSA) is 58.0 Å². The molecule has 0 spiro atoms. The molecule has 2 rings (SSSR count). The number of rotatable bonds is 4. The molecular weight excluding hydrogens is 278 g/mol. The Kier molecular flexibility index (Phi) is 3.94. The van der Waals surface area contributed by atoms with E-state index in [1.807, 2.05) is 17.5 Å². The molecule has 4 nitrogen and oxygen atoms in total. The number of thiophene rings is 1. The minimum absolute atomic E-state index is 0.0489. The number of aromatic nitrogens is 2. The van der Waals surface area contributed by atoms with E-state index in [9.17, 15) is 5.11 Å². The number of anilines is 1. The molecule has 0 saturated carbocycles. The van der Waals surface area contributed by atoms with Crippen LogP contribution in [0.15, 0.2) is 17.5 Å². The van der Waals surface area contributed by atoms with Gasteiger partial charge >= 0.3 is 0 Å². The Morgan fingerprint density at radius 2 is 2.05 bits per heavy atom. The first-order valence-electron chi connectivity index (χ1n) is 6.13. The molecule has 19 heavy (non-hydrogen) atoms. The lowest BCUT2D eigenvalue weighted by Crippen LogP contribution is -2.29. The molecular formula is C13H19N3OS2. The lowest BCUT2D eigenvalue weighted by atomic mass is 9.96. The summed E-state index contributed by atoms with van der Waals surface area (Å²) in [6, 6.07) is 3.88. The average molecular weight is 297 g/mol. The zero-order chi connectivity index (χ0) is 14.1. The van der Waals surface area contributed by atoms with Gasteiger partial charge in [-0.3, -0.25) is 0 Å². The van der Waals surface area contributed by atoms with Gasteiger partial charge in [0.15, 0.2) is 0 Å². The number of hydrogen-bond acceptors (Lipinski definition) is 6. The van der Waals surface area contributed by atoms with Crippen molar-refractivity contribution in [3.8, 4) is 0 Å². The van der Waals surface area contributed by atoms with Gasteiger partial charge in [-0.2, -0.15) is 4.37 Å². The maximum absolute atomic E-state index is 10.4. The second-order valence-electron chi connectivity index (χ2n) is 5.78. The molecule has 0 fully saturated rings. The first-order valence-corrected chi connectivity index (χ1v) is 7.79. The summed E-state index contributed by atoms with van der Waals surface area (Å²) in [5.41, 5.74) is -0.936. The van der Waals surface area contributed by atoms with E-state index >= 15 is 0 Å². The van der Waals surface area contributed by atoms with Crippen LogP contribution in [0.4, 0.5) is 5.13 Å². The van der Waals surface area contributed by atoms with E-state index in [4.69, 9.17) is 0 Å². The molecule has 0 amide bonds. The minimum Gasteiger partial charge on any atom is -0.383 e. The molecule has 1 unspecified atom stereocenters. The SMILES string of the molecule is CC(C)(C)c1nsc(NCC(C)(O)c2cccs2)n1. The van der Waals surface area contributed by atoms with Gasteiger partial charge < -0.3 is 10.4 Å². The molecule has 1 atom stereocenters. The molecule has 0 aromatic carbocycles. The van der Waals surface area contributed by atoms with Crippen LogP contribution in [0, 0.1) is 0 Å². The van der Waals surface area contributed by atoms with Crippen molar-refractivity contribution in [1.82, 2.24) is 9.36 Å². The summed E-state index contributed by atoms with van der Waals surface area (Å²) in [6.45, 7) is 8.48. The van der Waals surface area contributed by atoms with Crippen LogP contribution in [-0.2, 0) is 11.0 Å². The van der Waals surface area contributed by atoms with Crippen LogP contribution in [0.1, 0.15) is 38.4 Å². The summed E-state index contributed by atoms with van der Waals surface area (Å²) >= 11 is 2.89. The Morgan fingerprint density at radius 3 is 2.58 bits per heavy atom. The maximum Gasteiger partial charge on any atom is 0.202 e. The second kappa shape index (κ2) is 5.19. The quantitative estimate of drug-likeness (QED) is 0.910. The van der Waals surface area contributed by atoms with Crippen LogP contribution in [-0.4, -0.2) is 21.0 Å². The zero-order valence-corrected chi connectivity index (χ0v) is 13.2. The third-order valence-corrected chi connectivity index (χ3v) is 4.53. The van der Waals surface area contributed by atoms with Gasteiger partial charge in [0.25, 0.3) is 0 Å². The third kappa shape index (κ3) is 3.52. The Balaban J connectivity index is 2.01. The summed E-state index contributed by atoms with van der Waals surface area (Å²) in [7, 11) is 0. The van der Waals surface area contributed by atoms with Crippen molar-refractivity contribution in [3.05, 3.63) is 28.2 Å². The van der Waals surface area contributed by atoms with E-state index in [0.717, 1.165) is 15.8 Å². The van der Waals surface area contributed by atoms with Crippen LogP contribution < -0.4 is 5.32 Å². The van der Waals surface area contributed by atoms with E-state index < -0.39 is 5.60 Å². The molecule has 2 aromatic heterocycles. The van der Waals surface area contributed by atoms with E-state index in [2.05, 4.69) is 35.4 Å². The molecule has 6 heteroatoms. The predicted octanol–water partition coefficient (Wildman–Crippen LogP) is 3.22. The van der Waals surface area contributed by atoms with E-state index in [1.165, 1.54) is 11.5 Å². The monoisotopic (exact) mass is 297 g/mol. The largest absolute Gasteiger partial charge is 0.383 e. The average Bonchev–Trinajstić information content (AvgIpc) is 2.97. The van der Waals surface area contributed by atoms with E-state index in [0.29, 0.717) is 6.54 Å². The van der Waals surface area contributed by atoms with Crippen molar-refractivity contribution in [1.29, 1.82) is 0 Å². The summed E-state index contributed by atoms with van der Waals surface area (Å²) in [6.07, 6.45) is 0. The molecule has 2 N–H and O–H groups in total. The molecule has 0 saturated heterocycles. The fraction of sp³-hybridized carbons (Fsp3) is 0.538. The number of hydrogen-bond donors (Lipinski definition) is 2. The summed E-state index contributed by atoms with van der Waals surface area (Å²) < 4.78 is 4.34. The molecule has 0 aliphatic heterocycles. The van der Waals surface area contributed by atoms with Gasteiger partial charge in [-0.1, -0.05) is 26.8 Å². The predicted molar refractivity (Wildman–Crippen MR) is 81.0 cm³/mol. The van der Waals surface area contributed by atoms with E-state index in [1.54, 1.807) is 18.3 Å². The number of nitrogens with zero attached hydrogens (tertiary/aromatic N) is 2. The van der Waals surface area contributed by atoms with Crippen molar-refractivity contribution in [2.24, 2.45) is 0 Å². The van der Waals surface area contributed by atoms with Gasteiger partial charge in [0, 0.05) is 21.8 Å². The van der Waals surface area contributed by atoms with Gasteiger partial charge in [0.2, 0.25) is 5.13 Å². The van der Waals surface area contributed by atoms with Gasteiger partial charge in [-0.05, 0) is 18.4 Å². The normalized spacial score (nSPS) is 15.2. The van der Waals surface area contributed by atoms with Crippen molar-refractivity contribution < 1.29 is 5.11 Å². The lowest BCUT2D eigenvalue weighted by molar-refractivity contribution is 0.0754. The number of aliphatic hydroxyl groups is 1. The molecule has 0 bridgehead atoms. The number of nitrogens with one attached hydrogen (secondary N) is 1. The molecule has 2 heterocycles. The Morgan fingerprint density at radius 1 is 1.32 bits per heavy atom. The maximum atomic E-state index is 10.4. The van der Waals surface area contributed by atoms with Crippen LogP contribution in [0.5, 0.6) is 0 Å². The fourth-order valence-electron chi connectivity index (χ4n) is 1.52.